The van der Waals surface area contributed by atoms with Crippen LogP contribution in [0.4, 0.5) is 5.69 Å². The largest absolute Gasteiger partial charge is 0.399 e. The Labute approximate surface area is 90.7 Å². The van der Waals surface area contributed by atoms with Crippen LogP contribution < -0.4 is 17.1 Å². The summed E-state index contributed by atoms with van der Waals surface area (Å²) in [5.74, 6) is 0. The van der Waals surface area contributed by atoms with Crippen LogP contribution in [-0.2, 0) is 0 Å². The maximum atomic E-state index is 11.4. The van der Waals surface area contributed by atoms with Crippen molar-refractivity contribution in [2.45, 2.75) is 13.0 Å². The van der Waals surface area contributed by atoms with Crippen LogP contribution in [0.1, 0.15) is 18.5 Å². The molecule has 0 radical (unpaired) electrons. The Morgan fingerprint density at radius 2 is 1.88 bits per heavy atom. The highest BCUT2D eigenvalue weighted by atomic mass is 16.2. The van der Waals surface area contributed by atoms with Gasteiger partial charge >= 0.3 is 11.4 Å². The molecule has 1 aromatic carbocycles. The topological polar surface area (TPSA) is 96.7 Å². The third kappa shape index (κ3) is 1.65. The zero-order valence-corrected chi connectivity index (χ0v) is 8.73. The molecule has 1 atom stereocenters. The number of H-pyrrole nitrogens is 2. The molecule has 1 aromatic heterocycles. The molecular formula is C10H12N4O2. The second kappa shape index (κ2) is 3.73. The van der Waals surface area contributed by atoms with Crippen LogP contribution in [-0.4, -0.2) is 14.8 Å². The van der Waals surface area contributed by atoms with Gasteiger partial charge in [-0.15, -0.1) is 0 Å². The van der Waals surface area contributed by atoms with Crippen molar-refractivity contribution in [2.75, 3.05) is 5.73 Å². The third-order valence-corrected chi connectivity index (χ3v) is 2.49. The highest BCUT2D eigenvalue weighted by Gasteiger charge is 2.13. The van der Waals surface area contributed by atoms with E-state index in [0.29, 0.717) is 5.69 Å². The number of aromatic nitrogens is 3. The molecule has 0 aliphatic carbocycles. The van der Waals surface area contributed by atoms with Gasteiger partial charge < -0.3 is 5.73 Å². The summed E-state index contributed by atoms with van der Waals surface area (Å²) in [4.78, 5) is 22.8. The number of nitrogens with one attached hydrogen (secondary N) is 2. The van der Waals surface area contributed by atoms with Gasteiger partial charge in [0, 0.05) is 5.69 Å². The smallest absolute Gasteiger partial charge is 0.344 e. The molecule has 1 heterocycles. The Morgan fingerprint density at radius 1 is 1.25 bits per heavy atom. The first-order chi connectivity index (χ1) is 7.59. The van der Waals surface area contributed by atoms with E-state index in [2.05, 4.69) is 10.2 Å². The first-order valence-electron chi connectivity index (χ1n) is 4.84. The number of nitrogens with zero attached hydrogens (tertiary/aromatic N) is 1. The van der Waals surface area contributed by atoms with E-state index in [1.807, 2.05) is 6.07 Å². The average molecular weight is 220 g/mol. The lowest BCUT2D eigenvalue weighted by Gasteiger charge is -2.11. The van der Waals surface area contributed by atoms with Crippen molar-refractivity contribution in [3.8, 4) is 0 Å². The Balaban J connectivity index is 2.51. The predicted molar refractivity (Wildman–Crippen MR) is 60.3 cm³/mol. The number of benzene rings is 1. The zero-order chi connectivity index (χ0) is 11.7. The number of aromatic amines is 2. The van der Waals surface area contributed by atoms with Gasteiger partial charge in [-0.05, 0) is 24.6 Å². The summed E-state index contributed by atoms with van der Waals surface area (Å²) >= 11 is 0. The zero-order valence-electron chi connectivity index (χ0n) is 8.73. The van der Waals surface area contributed by atoms with Crippen molar-refractivity contribution in [3.63, 3.8) is 0 Å². The van der Waals surface area contributed by atoms with E-state index in [-0.39, 0.29) is 6.04 Å². The van der Waals surface area contributed by atoms with Crippen molar-refractivity contribution < 1.29 is 0 Å². The number of hydrogen-bond donors (Lipinski definition) is 3. The van der Waals surface area contributed by atoms with Gasteiger partial charge in [-0.3, -0.25) is 0 Å². The van der Waals surface area contributed by atoms with E-state index in [1.165, 1.54) is 0 Å². The van der Waals surface area contributed by atoms with Gasteiger partial charge in [-0.25, -0.2) is 24.4 Å². The summed E-state index contributed by atoms with van der Waals surface area (Å²) in [5, 5.41) is 4.48. The summed E-state index contributed by atoms with van der Waals surface area (Å²) in [6.45, 7) is 1.76. The molecule has 16 heavy (non-hydrogen) atoms. The molecule has 84 valence electrons. The molecule has 0 amide bonds. The summed E-state index contributed by atoms with van der Waals surface area (Å²) in [6.07, 6.45) is 0. The summed E-state index contributed by atoms with van der Waals surface area (Å²) < 4.78 is 1.11. The second-order valence-electron chi connectivity index (χ2n) is 3.58. The molecule has 0 aliphatic rings. The Kier molecular flexibility index (Phi) is 2.40. The number of rotatable bonds is 2. The first kappa shape index (κ1) is 10.3. The van der Waals surface area contributed by atoms with Crippen LogP contribution in [0.3, 0.4) is 0 Å². The molecule has 0 saturated carbocycles. The third-order valence-electron chi connectivity index (χ3n) is 2.49. The maximum Gasteiger partial charge on any atom is 0.344 e. The molecule has 0 bridgehead atoms. The van der Waals surface area contributed by atoms with E-state index in [9.17, 15) is 9.59 Å². The van der Waals surface area contributed by atoms with E-state index < -0.39 is 11.4 Å². The van der Waals surface area contributed by atoms with Crippen molar-refractivity contribution >= 4 is 5.69 Å². The minimum Gasteiger partial charge on any atom is -0.399 e. The van der Waals surface area contributed by atoms with Crippen molar-refractivity contribution in [1.82, 2.24) is 14.8 Å². The van der Waals surface area contributed by atoms with Gasteiger partial charge in [-0.1, -0.05) is 12.1 Å². The molecule has 0 spiro atoms. The van der Waals surface area contributed by atoms with Crippen LogP contribution >= 0.6 is 0 Å². The van der Waals surface area contributed by atoms with Crippen molar-refractivity contribution in [3.05, 3.63) is 50.8 Å². The number of hydrogen-bond acceptors (Lipinski definition) is 3. The quantitative estimate of drug-likeness (QED) is 0.624. The minimum absolute atomic E-state index is 0.356. The fourth-order valence-corrected chi connectivity index (χ4v) is 1.64. The Morgan fingerprint density at radius 3 is 2.44 bits per heavy atom. The molecule has 6 heteroatoms. The van der Waals surface area contributed by atoms with E-state index in [0.717, 1.165) is 10.1 Å². The van der Waals surface area contributed by atoms with Gasteiger partial charge in [0.15, 0.2) is 0 Å². The van der Waals surface area contributed by atoms with Gasteiger partial charge in [-0.2, -0.15) is 0 Å². The minimum atomic E-state index is -0.458. The van der Waals surface area contributed by atoms with E-state index in [1.54, 1.807) is 25.1 Å². The van der Waals surface area contributed by atoms with Crippen LogP contribution in [0.15, 0.2) is 33.9 Å². The average Bonchev–Trinajstić information content (AvgIpc) is 2.58. The standard InChI is InChI=1S/C10H12N4O2/c1-6(7-3-2-4-8(11)5-7)14-9(15)12-13-10(14)16/h2-6H,11H2,1H3,(H,12,15)(H,13,16). The van der Waals surface area contributed by atoms with E-state index >= 15 is 0 Å². The molecule has 6 nitrogen and oxygen atoms in total. The number of nitrogens with two attached hydrogens (primary N) is 1. The van der Waals surface area contributed by atoms with Crippen LogP contribution in [0, 0.1) is 0 Å². The van der Waals surface area contributed by atoms with Gasteiger partial charge in [0.25, 0.3) is 0 Å². The van der Waals surface area contributed by atoms with Gasteiger partial charge in [0.05, 0.1) is 6.04 Å². The maximum absolute atomic E-state index is 11.4. The SMILES string of the molecule is CC(c1cccc(N)c1)n1c(=O)[nH][nH]c1=O. The molecule has 0 fully saturated rings. The monoisotopic (exact) mass is 220 g/mol. The second-order valence-corrected chi connectivity index (χ2v) is 3.58. The van der Waals surface area contributed by atoms with Crippen molar-refractivity contribution in [2.24, 2.45) is 0 Å². The fourth-order valence-electron chi connectivity index (χ4n) is 1.64. The first-order valence-corrected chi connectivity index (χ1v) is 4.84. The summed E-state index contributed by atoms with van der Waals surface area (Å²) in [7, 11) is 0. The molecule has 2 rings (SSSR count). The van der Waals surface area contributed by atoms with Crippen LogP contribution in [0.5, 0.6) is 0 Å². The lowest BCUT2D eigenvalue weighted by Crippen LogP contribution is -2.30. The predicted octanol–water partition coefficient (Wildman–Crippen LogP) is 0.0562. The van der Waals surface area contributed by atoms with Crippen LogP contribution in [0.25, 0.3) is 0 Å². The lowest BCUT2D eigenvalue weighted by molar-refractivity contribution is 0.597. The highest BCUT2D eigenvalue weighted by Crippen LogP contribution is 2.16. The summed E-state index contributed by atoms with van der Waals surface area (Å²) in [6, 6.07) is 6.74. The van der Waals surface area contributed by atoms with E-state index in [4.69, 9.17) is 5.73 Å². The molecule has 2 aromatic rings. The Hall–Kier alpha value is -2.24. The normalized spacial score (nSPS) is 12.6. The number of anilines is 1. The van der Waals surface area contributed by atoms with Gasteiger partial charge in [0.2, 0.25) is 0 Å². The highest BCUT2D eigenvalue weighted by molar-refractivity contribution is 5.41. The molecule has 0 aliphatic heterocycles. The van der Waals surface area contributed by atoms with Crippen molar-refractivity contribution in [1.29, 1.82) is 0 Å². The molecule has 0 saturated heterocycles. The number of nitrogen functional groups attached to an aromatic ring is 1. The van der Waals surface area contributed by atoms with Gasteiger partial charge in [0.1, 0.15) is 0 Å². The van der Waals surface area contributed by atoms with Crippen LogP contribution in [0.2, 0.25) is 0 Å². The molecule has 1 unspecified atom stereocenters. The fraction of sp³-hybridized carbons (Fsp3) is 0.200. The Bertz CT molecular complexity index is 580. The lowest BCUT2D eigenvalue weighted by atomic mass is 10.1. The summed E-state index contributed by atoms with van der Waals surface area (Å²) in [5.41, 5.74) is 6.14. The molecule has 4 N–H and O–H groups in total. The molecular weight excluding hydrogens is 208 g/mol.